The van der Waals surface area contributed by atoms with Gasteiger partial charge in [-0.1, -0.05) is 17.8 Å². The molecule has 1 aromatic rings. The predicted molar refractivity (Wildman–Crippen MR) is 63.1 cm³/mol. The number of aromatic nitrogens is 1. The van der Waals surface area contributed by atoms with Crippen molar-refractivity contribution in [3.8, 4) is 0 Å². The molecule has 0 bridgehead atoms. The largest absolute Gasteiger partial charge is 0.298 e. The van der Waals surface area contributed by atoms with E-state index in [1.165, 1.54) is 11.8 Å². The zero-order chi connectivity index (χ0) is 11.5. The standard InChI is InChI=1S/C12H13NO2S/c1-8-11(14)10(12(15)16-8)5-4-9-3-2-6-13-7-9/h2-3,6-8,10H,4-5H2,1H3. The molecule has 0 aliphatic carbocycles. The number of thioether (sulfide) groups is 1. The van der Waals surface area contributed by atoms with E-state index in [9.17, 15) is 9.59 Å². The van der Waals surface area contributed by atoms with Gasteiger partial charge in [-0.15, -0.1) is 0 Å². The smallest absolute Gasteiger partial charge is 0.200 e. The first-order valence-corrected chi connectivity index (χ1v) is 6.19. The summed E-state index contributed by atoms with van der Waals surface area (Å²) in [6, 6.07) is 3.83. The number of Topliss-reactive ketones (excluding diaryl/α,β-unsaturated/α-hetero) is 1. The van der Waals surface area contributed by atoms with E-state index in [2.05, 4.69) is 4.98 Å². The van der Waals surface area contributed by atoms with Crippen LogP contribution in [0.2, 0.25) is 0 Å². The summed E-state index contributed by atoms with van der Waals surface area (Å²) in [5, 5.41) is -0.132. The Labute approximate surface area is 98.6 Å². The van der Waals surface area contributed by atoms with E-state index in [1.54, 1.807) is 19.3 Å². The number of carbonyl (C=O) groups is 2. The molecule has 1 aromatic heterocycles. The van der Waals surface area contributed by atoms with Crippen molar-refractivity contribution in [3.63, 3.8) is 0 Å². The van der Waals surface area contributed by atoms with Crippen molar-refractivity contribution in [2.24, 2.45) is 5.92 Å². The van der Waals surface area contributed by atoms with Gasteiger partial charge >= 0.3 is 0 Å². The summed E-state index contributed by atoms with van der Waals surface area (Å²) in [6.07, 6.45) is 4.84. The molecule has 84 valence electrons. The van der Waals surface area contributed by atoms with Crippen molar-refractivity contribution in [1.29, 1.82) is 0 Å². The number of rotatable bonds is 3. The van der Waals surface area contributed by atoms with Crippen LogP contribution in [0.25, 0.3) is 0 Å². The van der Waals surface area contributed by atoms with Gasteiger partial charge < -0.3 is 0 Å². The molecule has 0 amide bonds. The maximum Gasteiger partial charge on any atom is 0.200 e. The quantitative estimate of drug-likeness (QED) is 0.750. The third kappa shape index (κ3) is 2.32. The average molecular weight is 235 g/mol. The lowest BCUT2D eigenvalue weighted by atomic mass is 9.96. The van der Waals surface area contributed by atoms with E-state index < -0.39 is 5.92 Å². The number of ketones is 1. The molecule has 1 fully saturated rings. The van der Waals surface area contributed by atoms with E-state index in [0.29, 0.717) is 6.42 Å². The highest BCUT2D eigenvalue weighted by Gasteiger charge is 2.38. The van der Waals surface area contributed by atoms with Crippen LogP contribution in [0, 0.1) is 5.92 Å². The van der Waals surface area contributed by atoms with Crippen LogP contribution in [-0.4, -0.2) is 21.1 Å². The number of hydrogen-bond donors (Lipinski definition) is 0. The highest BCUT2D eigenvalue weighted by atomic mass is 32.2. The van der Waals surface area contributed by atoms with Gasteiger partial charge in [0.25, 0.3) is 0 Å². The Balaban J connectivity index is 1.96. The van der Waals surface area contributed by atoms with Gasteiger partial charge in [0, 0.05) is 12.4 Å². The molecule has 1 saturated heterocycles. The summed E-state index contributed by atoms with van der Waals surface area (Å²) in [4.78, 5) is 27.2. The van der Waals surface area contributed by atoms with Crippen molar-refractivity contribution in [1.82, 2.24) is 4.98 Å². The molecule has 0 aromatic carbocycles. The van der Waals surface area contributed by atoms with Crippen LogP contribution in [0.3, 0.4) is 0 Å². The van der Waals surface area contributed by atoms with Gasteiger partial charge in [-0.2, -0.15) is 0 Å². The minimum Gasteiger partial charge on any atom is -0.298 e. The Bertz CT molecular complexity index is 405. The Hall–Kier alpha value is -1.16. The highest BCUT2D eigenvalue weighted by molar-refractivity contribution is 8.15. The number of carbonyl (C=O) groups excluding carboxylic acids is 2. The molecule has 4 heteroatoms. The van der Waals surface area contributed by atoms with Crippen molar-refractivity contribution in [2.45, 2.75) is 25.0 Å². The summed E-state index contributed by atoms with van der Waals surface area (Å²) >= 11 is 1.17. The monoisotopic (exact) mass is 235 g/mol. The van der Waals surface area contributed by atoms with Crippen LogP contribution in [0.15, 0.2) is 24.5 Å². The van der Waals surface area contributed by atoms with Crippen LogP contribution >= 0.6 is 11.8 Å². The summed E-state index contributed by atoms with van der Waals surface area (Å²) in [7, 11) is 0. The molecule has 2 heterocycles. The molecule has 2 atom stereocenters. The summed E-state index contributed by atoms with van der Waals surface area (Å²) in [6.45, 7) is 1.80. The first kappa shape index (κ1) is 11.3. The Morgan fingerprint density at radius 3 is 2.81 bits per heavy atom. The van der Waals surface area contributed by atoms with Gasteiger partial charge in [0.2, 0.25) is 0 Å². The Morgan fingerprint density at radius 2 is 2.25 bits per heavy atom. The second-order valence-corrected chi connectivity index (χ2v) is 5.28. The molecule has 0 N–H and O–H groups in total. The molecule has 0 radical (unpaired) electrons. The maximum absolute atomic E-state index is 11.7. The molecule has 2 rings (SSSR count). The lowest BCUT2D eigenvalue weighted by Gasteiger charge is -2.05. The first-order valence-electron chi connectivity index (χ1n) is 5.31. The second kappa shape index (κ2) is 4.78. The third-order valence-electron chi connectivity index (χ3n) is 2.77. The lowest BCUT2D eigenvalue weighted by molar-refractivity contribution is -0.126. The SMILES string of the molecule is CC1SC(=O)C(CCc2cccnc2)C1=O. The average Bonchev–Trinajstić information content (AvgIpc) is 2.53. The van der Waals surface area contributed by atoms with Crippen LogP contribution in [0.1, 0.15) is 18.9 Å². The topological polar surface area (TPSA) is 47.0 Å². The summed E-state index contributed by atoms with van der Waals surface area (Å²) < 4.78 is 0. The molecule has 1 aliphatic heterocycles. The first-order chi connectivity index (χ1) is 7.68. The fraction of sp³-hybridized carbons (Fsp3) is 0.417. The highest BCUT2D eigenvalue weighted by Crippen LogP contribution is 2.32. The molecule has 0 spiro atoms. The van der Waals surface area contributed by atoms with E-state index >= 15 is 0 Å². The Morgan fingerprint density at radius 1 is 1.44 bits per heavy atom. The fourth-order valence-electron chi connectivity index (χ4n) is 1.83. The van der Waals surface area contributed by atoms with Gasteiger partial charge in [-0.05, 0) is 31.4 Å². The number of aryl methyl sites for hydroxylation is 1. The lowest BCUT2D eigenvalue weighted by Crippen LogP contribution is -2.18. The minimum atomic E-state index is -0.403. The third-order valence-corrected chi connectivity index (χ3v) is 3.87. The normalized spacial score (nSPS) is 25.1. The van der Waals surface area contributed by atoms with Crippen LogP contribution < -0.4 is 0 Å². The molecule has 2 unspecified atom stereocenters. The van der Waals surface area contributed by atoms with Crippen molar-refractivity contribution in [2.75, 3.05) is 0 Å². The van der Waals surface area contributed by atoms with Gasteiger partial charge in [0.05, 0.1) is 11.2 Å². The van der Waals surface area contributed by atoms with Crippen LogP contribution in [0.4, 0.5) is 0 Å². The van der Waals surface area contributed by atoms with E-state index in [1.807, 2.05) is 12.1 Å². The van der Waals surface area contributed by atoms with Crippen LogP contribution in [0.5, 0.6) is 0 Å². The predicted octanol–water partition coefficient (Wildman–Crippen LogP) is 1.86. The van der Waals surface area contributed by atoms with Crippen molar-refractivity contribution >= 4 is 22.7 Å². The van der Waals surface area contributed by atoms with Crippen molar-refractivity contribution < 1.29 is 9.59 Å². The van der Waals surface area contributed by atoms with E-state index in [4.69, 9.17) is 0 Å². The second-order valence-electron chi connectivity index (χ2n) is 3.93. The fourth-order valence-corrected chi connectivity index (χ4v) is 2.86. The van der Waals surface area contributed by atoms with Gasteiger partial charge in [-0.25, -0.2) is 0 Å². The molecule has 3 nitrogen and oxygen atoms in total. The molecule has 1 aliphatic rings. The molecule has 0 saturated carbocycles. The molecular weight excluding hydrogens is 222 g/mol. The van der Waals surface area contributed by atoms with E-state index in [0.717, 1.165) is 12.0 Å². The van der Waals surface area contributed by atoms with Crippen molar-refractivity contribution in [3.05, 3.63) is 30.1 Å². The number of pyridine rings is 1. The Kier molecular flexibility index (Phi) is 3.39. The molecular formula is C12H13NO2S. The zero-order valence-electron chi connectivity index (χ0n) is 9.05. The number of nitrogens with zero attached hydrogens (tertiary/aromatic N) is 1. The van der Waals surface area contributed by atoms with Crippen LogP contribution in [-0.2, 0) is 16.0 Å². The minimum absolute atomic E-state index is 0.0291. The summed E-state index contributed by atoms with van der Waals surface area (Å²) in [5.41, 5.74) is 1.08. The van der Waals surface area contributed by atoms with Gasteiger partial charge in [0.1, 0.15) is 0 Å². The molecule has 16 heavy (non-hydrogen) atoms. The van der Waals surface area contributed by atoms with Gasteiger partial charge in [0.15, 0.2) is 10.9 Å². The van der Waals surface area contributed by atoms with Gasteiger partial charge in [-0.3, -0.25) is 14.6 Å². The maximum atomic E-state index is 11.7. The zero-order valence-corrected chi connectivity index (χ0v) is 9.87. The number of hydrogen-bond acceptors (Lipinski definition) is 4. The summed E-state index contributed by atoms with van der Waals surface area (Å²) in [5.74, 6) is -0.320. The van der Waals surface area contributed by atoms with E-state index in [-0.39, 0.29) is 16.1 Å².